The molecule has 3 rings (SSSR count). The normalized spacial score (nSPS) is 19.3. The zero-order valence-corrected chi connectivity index (χ0v) is 16.5. The molecule has 0 aromatic heterocycles. The summed E-state index contributed by atoms with van der Waals surface area (Å²) in [7, 11) is 0. The number of β-amino-alcohol motifs (C(OH)–C–C–N with tert-alkyl or cyclic N) is 1. The van der Waals surface area contributed by atoms with Crippen LogP contribution in [-0.4, -0.2) is 66.2 Å². The number of allylic oxidation sites excluding steroid dienone is 4. The van der Waals surface area contributed by atoms with E-state index in [1.54, 1.807) is 36.4 Å². The first kappa shape index (κ1) is 20.2. The molecule has 0 bridgehead atoms. The van der Waals surface area contributed by atoms with E-state index in [2.05, 4.69) is 4.90 Å². The second-order valence-electron chi connectivity index (χ2n) is 6.66. The van der Waals surface area contributed by atoms with Crippen LogP contribution in [0.4, 0.5) is 0 Å². The molecule has 1 aliphatic carbocycles. The Bertz CT molecular complexity index is 710. The third-order valence-electron chi connectivity index (χ3n) is 4.59. The van der Waals surface area contributed by atoms with Crippen molar-refractivity contribution in [1.29, 1.82) is 0 Å². The van der Waals surface area contributed by atoms with Crippen LogP contribution in [0.5, 0.6) is 0 Å². The molecule has 1 fully saturated rings. The van der Waals surface area contributed by atoms with Crippen LogP contribution in [0, 0.1) is 6.42 Å². The molecule has 1 N–H and O–H groups in total. The van der Waals surface area contributed by atoms with Crippen LogP contribution in [0.15, 0.2) is 47.2 Å². The van der Waals surface area contributed by atoms with Crippen molar-refractivity contribution >= 4 is 29.1 Å². The summed E-state index contributed by atoms with van der Waals surface area (Å²) in [4.78, 5) is 16.5. The summed E-state index contributed by atoms with van der Waals surface area (Å²) in [5.74, 6) is 0.749. The topological polar surface area (TPSA) is 53.0 Å². The number of nitrogens with zero attached hydrogens (tertiary/aromatic N) is 2. The van der Waals surface area contributed by atoms with Gasteiger partial charge in [0, 0.05) is 54.8 Å². The molecule has 5 nitrogen and oxygen atoms in total. The van der Waals surface area contributed by atoms with Crippen molar-refractivity contribution in [1.82, 2.24) is 9.80 Å². The van der Waals surface area contributed by atoms with Gasteiger partial charge in [0.2, 0.25) is 0 Å². The van der Waals surface area contributed by atoms with Crippen LogP contribution >= 0.6 is 23.2 Å². The summed E-state index contributed by atoms with van der Waals surface area (Å²) in [6, 6.07) is 6.95. The van der Waals surface area contributed by atoms with E-state index in [4.69, 9.17) is 27.9 Å². The van der Waals surface area contributed by atoms with Crippen molar-refractivity contribution < 1.29 is 14.6 Å². The Morgan fingerprint density at radius 3 is 2.44 bits per heavy atom. The lowest BCUT2D eigenvalue weighted by Crippen LogP contribution is -2.50. The predicted molar refractivity (Wildman–Crippen MR) is 107 cm³/mol. The number of hydrogen-bond donors (Lipinski definition) is 1. The van der Waals surface area contributed by atoms with Gasteiger partial charge in [0.05, 0.1) is 0 Å². The number of halogens is 2. The predicted octanol–water partition coefficient (Wildman–Crippen LogP) is 3.09. The number of carbonyl (C=O) groups is 1. The highest BCUT2D eigenvalue weighted by Gasteiger charge is 2.23. The van der Waals surface area contributed by atoms with E-state index in [0.29, 0.717) is 36.6 Å². The van der Waals surface area contributed by atoms with Crippen LogP contribution in [0.1, 0.15) is 16.8 Å². The van der Waals surface area contributed by atoms with Crippen LogP contribution in [-0.2, 0) is 4.74 Å². The molecule has 1 saturated heterocycles. The summed E-state index contributed by atoms with van der Waals surface area (Å²) >= 11 is 11.8. The molecule has 1 aliphatic heterocycles. The molecule has 1 heterocycles. The quantitative estimate of drug-likeness (QED) is 0.783. The minimum Gasteiger partial charge on any atom is -0.495 e. The highest BCUT2D eigenvalue weighted by atomic mass is 35.5. The summed E-state index contributed by atoms with van der Waals surface area (Å²) < 4.78 is 5.61. The van der Waals surface area contributed by atoms with Gasteiger partial charge in [-0.05, 0) is 42.8 Å². The van der Waals surface area contributed by atoms with Crippen LogP contribution in [0.2, 0.25) is 5.02 Å². The van der Waals surface area contributed by atoms with Crippen molar-refractivity contribution in [3.63, 3.8) is 0 Å². The lowest BCUT2D eigenvalue weighted by atomic mass is 10.1. The van der Waals surface area contributed by atoms with Gasteiger partial charge in [-0.2, -0.15) is 0 Å². The van der Waals surface area contributed by atoms with Gasteiger partial charge in [-0.1, -0.05) is 23.2 Å². The molecule has 1 radical (unpaired) electrons. The molecule has 7 heteroatoms. The van der Waals surface area contributed by atoms with Gasteiger partial charge in [-0.3, -0.25) is 9.69 Å². The highest BCUT2D eigenvalue weighted by Crippen LogP contribution is 2.20. The van der Waals surface area contributed by atoms with Crippen molar-refractivity contribution in [2.45, 2.75) is 12.5 Å². The van der Waals surface area contributed by atoms with Crippen LogP contribution < -0.4 is 0 Å². The van der Waals surface area contributed by atoms with E-state index in [1.165, 1.54) is 0 Å². The van der Waals surface area contributed by atoms with Crippen molar-refractivity contribution in [2.75, 3.05) is 39.3 Å². The minimum absolute atomic E-state index is 0.0155. The smallest absolute Gasteiger partial charge is 0.253 e. The van der Waals surface area contributed by atoms with E-state index >= 15 is 0 Å². The maximum atomic E-state index is 12.5. The molecule has 1 unspecified atom stereocenters. The molecular formula is C20H23Cl2N2O3. The van der Waals surface area contributed by atoms with Gasteiger partial charge in [-0.25, -0.2) is 0 Å². The summed E-state index contributed by atoms with van der Waals surface area (Å²) in [6.07, 6.45) is 5.59. The molecule has 27 heavy (non-hydrogen) atoms. The molecule has 1 atom stereocenters. The van der Waals surface area contributed by atoms with E-state index in [9.17, 15) is 9.90 Å². The fraction of sp³-hybridized carbons (Fsp3) is 0.400. The Morgan fingerprint density at radius 1 is 1.11 bits per heavy atom. The minimum atomic E-state index is -0.584. The first-order chi connectivity index (χ1) is 13.0. The molecular weight excluding hydrogens is 387 g/mol. The van der Waals surface area contributed by atoms with Gasteiger partial charge in [0.25, 0.3) is 5.91 Å². The number of benzene rings is 1. The monoisotopic (exact) mass is 409 g/mol. The van der Waals surface area contributed by atoms with Crippen molar-refractivity contribution in [2.24, 2.45) is 0 Å². The number of carbonyl (C=O) groups excluding carboxylic acids is 1. The summed E-state index contributed by atoms with van der Waals surface area (Å²) in [5, 5.41) is 11.6. The number of ether oxygens (including phenoxy) is 1. The molecule has 2 aliphatic rings. The third kappa shape index (κ3) is 5.98. The number of piperazine rings is 1. The first-order valence-corrected chi connectivity index (χ1v) is 9.74. The Hall–Kier alpha value is -1.53. The average Bonchev–Trinajstić information content (AvgIpc) is 2.68. The number of hydrogen-bond acceptors (Lipinski definition) is 4. The average molecular weight is 410 g/mol. The Kier molecular flexibility index (Phi) is 7.19. The van der Waals surface area contributed by atoms with Gasteiger partial charge in [0.1, 0.15) is 18.5 Å². The van der Waals surface area contributed by atoms with Gasteiger partial charge in [0.15, 0.2) is 0 Å². The Labute approximate surface area is 169 Å². The largest absolute Gasteiger partial charge is 0.495 e. The number of aliphatic hydroxyl groups is 1. The molecule has 1 aromatic rings. The fourth-order valence-electron chi connectivity index (χ4n) is 3.07. The molecule has 1 aromatic carbocycles. The number of aliphatic hydroxyl groups excluding tert-OH is 1. The van der Waals surface area contributed by atoms with E-state index in [0.717, 1.165) is 23.9 Å². The second-order valence-corrected chi connectivity index (χ2v) is 7.58. The Morgan fingerprint density at radius 2 is 1.81 bits per heavy atom. The molecule has 0 spiro atoms. The molecule has 145 valence electrons. The van der Waals surface area contributed by atoms with E-state index in [1.807, 2.05) is 11.3 Å². The maximum Gasteiger partial charge on any atom is 0.253 e. The van der Waals surface area contributed by atoms with Gasteiger partial charge in [-0.15, -0.1) is 0 Å². The fourth-order valence-corrected chi connectivity index (χ4v) is 3.33. The first-order valence-electron chi connectivity index (χ1n) is 8.99. The lowest BCUT2D eigenvalue weighted by Gasteiger charge is -2.35. The zero-order chi connectivity index (χ0) is 19.2. The van der Waals surface area contributed by atoms with Crippen LogP contribution in [0.25, 0.3) is 0 Å². The van der Waals surface area contributed by atoms with Crippen molar-refractivity contribution in [3.05, 3.63) is 64.2 Å². The summed E-state index contributed by atoms with van der Waals surface area (Å²) in [5.41, 5.74) is 0.646. The highest BCUT2D eigenvalue weighted by molar-refractivity contribution is 6.30. The standard InChI is InChI=1S/C20H23Cl2N2O3/c21-16-3-1-15(2-4-16)20(26)24-11-9-23(10-12-24)13-18(25)14-27-19-7-5-17(22)6-8-19/h1-5,7-8,18,25H,6,9-14H2. The SMILES string of the molecule is O=C(c1ccc(Cl)cc1)N1CCN(CC(O)COC2=CC=C(Cl)C[CH]2)CC1. The summed E-state index contributed by atoms with van der Waals surface area (Å²) in [6.45, 7) is 3.48. The van der Waals surface area contributed by atoms with E-state index < -0.39 is 6.10 Å². The number of rotatable bonds is 6. The molecule has 1 amide bonds. The van der Waals surface area contributed by atoms with Gasteiger partial charge >= 0.3 is 0 Å². The van der Waals surface area contributed by atoms with Crippen LogP contribution in [0.3, 0.4) is 0 Å². The van der Waals surface area contributed by atoms with Crippen molar-refractivity contribution in [3.8, 4) is 0 Å². The second kappa shape index (κ2) is 9.60. The molecule has 0 saturated carbocycles. The number of amides is 1. The third-order valence-corrected chi connectivity index (χ3v) is 5.12. The lowest BCUT2D eigenvalue weighted by molar-refractivity contribution is 0.0275. The Balaban J connectivity index is 1.40. The zero-order valence-electron chi connectivity index (χ0n) is 15.0. The maximum absolute atomic E-state index is 12.5. The van der Waals surface area contributed by atoms with Gasteiger partial charge < -0.3 is 14.7 Å². The van der Waals surface area contributed by atoms with E-state index in [-0.39, 0.29) is 12.5 Å².